The topological polar surface area (TPSA) is 68.8 Å². The van der Waals surface area contributed by atoms with Crippen molar-refractivity contribution < 1.29 is 49.7 Å². The number of alkyl halides is 6. The summed E-state index contributed by atoms with van der Waals surface area (Å²) < 4.78 is 110. The summed E-state index contributed by atoms with van der Waals surface area (Å²) in [6.45, 7) is 0. The van der Waals surface area contributed by atoms with Crippen molar-refractivity contribution in [3.05, 3.63) is 89.2 Å². The molecule has 1 aliphatic heterocycles. The molecular formula is C29H25F7N2O4. The maximum Gasteiger partial charge on any atom is 0.586 e. The van der Waals surface area contributed by atoms with Crippen LogP contribution in [0.15, 0.2) is 66.7 Å². The lowest BCUT2D eigenvalue weighted by molar-refractivity contribution is -0.286. The van der Waals surface area contributed by atoms with Crippen LogP contribution in [-0.4, -0.2) is 30.9 Å². The molecule has 224 valence electrons. The van der Waals surface area contributed by atoms with Gasteiger partial charge in [0, 0.05) is 18.5 Å². The number of hydrogen-bond acceptors (Lipinski definition) is 4. The number of amides is 2. The smallest absolute Gasteiger partial charge is 0.428 e. The lowest BCUT2D eigenvalue weighted by Gasteiger charge is -2.37. The van der Waals surface area contributed by atoms with Gasteiger partial charge in [-0.3, -0.25) is 0 Å². The maximum atomic E-state index is 15.0. The van der Waals surface area contributed by atoms with E-state index in [1.807, 2.05) is 0 Å². The second kappa shape index (κ2) is 11.3. The summed E-state index contributed by atoms with van der Waals surface area (Å²) in [6.07, 6.45) is -10.1. The molecule has 1 atom stereocenters. The average Bonchev–Trinajstić information content (AvgIpc) is 3.53. The lowest BCUT2D eigenvalue weighted by atomic mass is 9.77. The predicted octanol–water partition coefficient (Wildman–Crippen LogP) is 7.11. The molecule has 5 rings (SSSR count). The fourth-order valence-electron chi connectivity index (χ4n) is 5.23. The molecule has 13 heteroatoms. The highest BCUT2D eigenvalue weighted by molar-refractivity contribution is 5.77. The highest BCUT2D eigenvalue weighted by atomic mass is 19.3. The summed E-state index contributed by atoms with van der Waals surface area (Å²) >= 11 is 0. The van der Waals surface area contributed by atoms with Crippen LogP contribution in [0.25, 0.3) is 0 Å². The fraction of sp³-hybridized carbons (Fsp3) is 0.345. The molecule has 0 unspecified atom stereocenters. The van der Waals surface area contributed by atoms with E-state index in [1.165, 1.54) is 6.07 Å². The molecule has 1 heterocycles. The van der Waals surface area contributed by atoms with Gasteiger partial charge in [-0.1, -0.05) is 49.2 Å². The van der Waals surface area contributed by atoms with E-state index in [9.17, 15) is 35.5 Å². The number of nitrogens with one attached hydrogen (secondary N) is 2. The molecule has 2 aliphatic rings. The largest absolute Gasteiger partial charge is 0.586 e. The second-order valence-electron chi connectivity index (χ2n) is 10.1. The highest BCUT2D eigenvalue weighted by Gasteiger charge is 2.47. The van der Waals surface area contributed by atoms with Crippen molar-refractivity contribution in [1.82, 2.24) is 10.6 Å². The summed E-state index contributed by atoms with van der Waals surface area (Å²) in [5.41, 5.74) is -1.41. The number of hydrogen-bond donors (Lipinski definition) is 2. The number of fused-ring (bicyclic) bond motifs is 1. The van der Waals surface area contributed by atoms with Crippen LogP contribution >= 0.6 is 0 Å². The standard InChI is InChI=1S/C29H25F7N2O4/c30-20-12-19(13-22(15-20)40-28(33,34)25(31)32)27(16-17-6-2-1-3-7-17,38-26(39)37-21-8-4-5-9-21)18-10-11-23-24(14-18)42-29(35,36)41-23/h1-3,6-7,10-15,21,25H,4-5,8-9,16H2,(H2,37,38,39)/t27-/m0/s1. The van der Waals surface area contributed by atoms with Crippen molar-refractivity contribution in [3.63, 3.8) is 0 Å². The molecule has 3 aromatic carbocycles. The van der Waals surface area contributed by atoms with Gasteiger partial charge in [0.05, 0.1) is 5.54 Å². The second-order valence-corrected chi connectivity index (χ2v) is 10.1. The van der Waals surface area contributed by atoms with Crippen molar-refractivity contribution in [2.24, 2.45) is 0 Å². The number of carbonyl (C=O) groups excluding carboxylic acids is 1. The van der Waals surface area contributed by atoms with Crippen LogP contribution in [0, 0.1) is 5.82 Å². The van der Waals surface area contributed by atoms with E-state index in [4.69, 9.17) is 0 Å². The van der Waals surface area contributed by atoms with Gasteiger partial charge in [-0.15, -0.1) is 8.78 Å². The fourth-order valence-corrected chi connectivity index (χ4v) is 5.23. The summed E-state index contributed by atoms with van der Waals surface area (Å²) in [6, 6.07) is 13.5. The van der Waals surface area contributed by atoms with Gasteiger partial charge in [-0.05, 0) is 53.8 Å². The first kappa shape index (κ1) is 29.3. The van der Waals surface area contributed by atoms with Crippen molar-refractivity contribution in [3.8, 4) is 17.2 Å². The number of halogens is 7. The Labute approximate surface area is 235 Å². The van der Waals surface area contributed by atoms with E-state index in [2.05, 4.69) is 24.8 Å². The molecule has 1 saturated carbocycles. The van der Waals surface area contributed by atoms with E-state index < -0.39 is 47.7 Å². The van der Waals surface area contributed by atoms with Gasteiger partial charge in [0.2, 0.25) is 0 Å². The Morgan fingerprint density at radius 3 is 2.33 bits per heavy atom. The van der Waals surface area contributed by atoms with Crippen LogP contribution in [-0.2, 0) is 12.0 Å². The normalized spacial score (nSPS) is 17.6. The minimum Gasteiger partial charge on any atom is -0.428 e. The van der Waals surface area contributed by atoms with Crippen LogP contribution < -0.4 is 24.8 Å². The Morgan fingerprint density at radius 2 is 1.64 bits per heavy atom. The van der Waals surface area contributed by atoms with Crippen molar-refractivity contribution in [1.29, 1.82) is 0 Å². The Hall–Kier alpha value is -4.16. The van der Waals surface area contributed by atoms with Crippen LogP contribution in [0.5, 0.6) is 17.2 Å². The van der Waals surface area contributed by atoms with Crippen molar-refractivity contribution in [2.45, 2.75) is 62.5 Å². The van der Waals surface area contributed by atoms with Gasteiger partial charge >= 0.3 is 24.9 Å². The number of urea groups is 1. The van der Waals surface area contributed by atoms with Crippen LogP contribution in [0.1, 0.15) is 42.4 Å². The lowest BCUT2D eigenvalue weighted by Crippen LogP contribution is -2.53. The molecular weight excluding hydrogens is 573 g/mol. The number of benzene rings is 3. The third kappa shape index (κ3) is 6.34. The first-order chi connectivity index (χ1) is 19.8. The minimum absolute atomic E-state index is 0.0742. The molecule has 0 saturated heterocycles. The van der Waals surface area contributed by atoms with Crippen LogP contribution in [0.3, 0.4) is 0 Å². The first-order valence-corrected chi connectivity index (χ1v) is 13.0. The van der Waals surface area contributed by atoms with Gasteiger partial charge in [-0.2, -0.15) is 17.6 Å². The molecule has 6 nitrogen and oxygen atoms in total. The Balaban J connectivity index is 1.67. The number of carbonyl (C=O) groups is 1. The average molecular weight is 599 g/mol. The zero-order valence-corrected chi connectivity index (χ0v) is 21.8. The monoisotopic (exact) mass is 598 g/mol. The molecule has 3 aromatic rings. The molecule has 2 N–H and O–H groups in total. The number of ether oxygens (including phenoxy) is 3. The molecule has 0 radical (unpaired) electrons. The molecule has 0 bridgehead atoms. The predicted molar refractivity (Wildman–Crippen MR) is 135 cm³/mol. The summed E-state index contributed by atoms with van der Waals surface area (Å²) in [4.78, 5) is 13.4. The molecule has 42 heavy (non-hydrogen) atoms. The highest BCUT2D eigenvalue weighted by Crippen LogP contribution is 2.45. The Kier molecular flexibility index (Phi) is 7.86. The van der Waals surface area contributed by atoms with Crippen LogP contribution in [0.4, 0.5) is 35.5 Å². The van der Waals surface area contributed by atoms with Crippen molar-refractivity contribution >= 4 is 6.03 Å². The summed E-state index contributed by atoms with van der Waals surface area (Å²) in [5, 5.41) is 5.64. The molecule has 2 amide bonds. The SMILES string of the molecule is O=C(NC1CCCC1)N[C@](Cc1ccccc1)(c1cc(F)cc(OC(F)(F)C(F)F)c1)c1ccc2c(c1)OC(F)(F)O2. The van der Waals surface area contributed by atoms with Gasteiger partial charge in [-0.25, -0.2) is 9.18 Å². The Bertz CT molecular complexity index is 1430. The van der Waals surface area contributed by atoms with E-state index in [-0.39, 0.29) is 29.3 Å². The van der Waals surface area contributed by atoms with Gasteiger partial charge in [0.25, 0.3) is 0 Å². The van der Waals surface area contributed by atoms with Gasteiger partial charge < -0.3 is 24.8 Å². The first-order valence-electron chi connectivity index (χ1n) is 13.0. The molecule has 0 aromatic heterocycles. The Morgan fingerprint density at radius 1 is 0.952 bits per heavy atom. The van der Waals surface area contributed by atoms with E-state index >= 15 is 0 Å². The summed E-state index contributed by atoms with van der Waals surface area (Å²) in [5.74, 6) is -2.80. The minimum atomic E-state index is -4.95. The maximum absolute atomic E-state index is 15.0. The van der Waals surface area contributed by atoms with E-state index in [0.717, 1.165) is 37.1 Å². The van der Waals surface area contributed by atoms with Crippen LogP contribution in [0.2, 0.25) is 0 Å². The zero-order chi connectivity index (χ0) is 30.1. The zero-order valence-electron chi connectivity index (χ0n) is 21.8. The molecule has 0 spiro atoms. The van der Waals surface area contributed by atoms with E-state index in [1.54, 1.807) is 30.3 Å². The summed E-state index contributed by atoms with van der Waals surface area (Å²) in [7, 11) is 0. The third-order valence-electron chi connectivity index (χ3n) is 7.10. The van der Waals surface area contributed by atoms with Crippen molar-refractivity contribution in [2.75, 3.05) is 0 Å². The van der Waals surface area contributed by atoms with E-state index in [0.29, 0.717) is 24.5 Å². The quantitative estimate of drug-likeness (QED) is 0.258. The molecule has 1 aliphatic carbocycles. The molecule has 1 fully saturated rings. The third-order valence-corrected chi connectivity index (χ3v) is 7.10. The van der Waals surface area contributed by atoms with Gasteiger partial charge in [0.1, 0.15) is 11.6 Å². The number of rotatable bonds is 9. The van der Waals surface area contributed by atoms with Gasteiger partial charge in [0.15, 0.2) is 11.5 Å².